The standard InChI is InChI=1S/C13H17ClFNO2/c1-13(2,12(17)18-3)8-16-7-9-4-5-10(15)6-11(9)14/h4-6,16H,7-8H2,1-3H3. The average Bonchev–Trinajstić information content (AvgIpc) is 2.30. The van der Waals surface area contributed by atoms with Gasteiger partial charge in [-0.15, -0.1) is 0 Å². The van der Waals surface area contributed by atoms with E-state index in [9.17, 15) is 9.18 Å². The molecule has 1 aromatic rings. The lowest BCUT2D eigenvalue weighted by Gasteiger charge is -2.22. The van der Waals surface area contributed by atoms with E-state index in [1.807, 2.05) is 0 Å². The molecule has 0 aromatic heterocycles. The van der Waals surface area contributed by atoms with Gasteiger partial charge in [-0.05, 0) is 31.5 Å². The van der Waals surface area contributed by atoms with Crippen molar-refractivity contribution in [3.8, 4) is 0 Å². The second-order valence-corrected chi connectivity index (χ2v) is 5.12. The quantitative estimate of drug-likeness (QED) is 0.839. The van der Waals surface area contributed by atoms with Crippen molar-refractivity contribution in [3.63, 3.8) is 0 Å². The molecule has 0 amide bonds. The molecule has 0 atom stereocenters. The summed E-state index contributed by atoms with van der Waals surface area (Å²) in [6.07, 6.45) is 0. The summed E-state index contributed by atoms with van der Waals surface area (Å²) in [6.45, 7) is 4.50. The Hall–Kier alpha value is -1.13. The van der Waals surface area contributed by atoms with E-state index >= 15 is 0 Å². The maximum atomic E-state index is 12.8. The first kappa shape index (κ1) is 14.9. The number of hydrogen-bond donors (Lipinski definition) is 1. The Kier molecular flexibility index (Phi) is 5.11. The summed E-state index contributed by atoms with van der Waals surface area (Å²) < 4.78 is 17.5. The number of carbonyl (C=O) groups excluding carboxylic acids is 1. The summed E-state index contributed by atoms with van der Waals surface area (Å²) in [4.78, 5) is 11.4. The highest BCUT2D eigenvalue weighted by atomic mass is 35.5. The van der Waals surface area contributed by atoms with E-state index in [0.29, 0.717) is 18.1 Å². The van der Waals surface area contributed by atoms with Crippen molar-refractivity contribution < 1.29 is 13.9 Å². The van der Waals surface area contributed by atoms with E-state index in [1.165, 1.54) is 19.2 Å². The number of hydrogen-bond acceptors (Lipinski definition) is 3. The number of methoxy groups -OCH3 is 1. The van der Waals surface area contributed by atoms with Crippen molar-refractivity contribution in [2.75, 3.05) is 13.7 Å². The average molecular weight is 274 g/mol. The van der Waals surface area contributed by atoms with Crippen LogP contribution in [0.4, 0.5) is 4.39 Å². The lowest BCUT2D eigenvalue weighted by Crippen LogP contribution is -2.36. The van der Waals surface area contributed by atoms with Crippen LogP contribution in [0.2, 0.25) is 5.02 Å². The lowest BCUT2D eigenvalue weighted by atomic mass is 9.94. The monoisotopic (exact) mass is 273 g/mol. The molecular formula is C13H17ClFNO2. The van der Waals surface area contributed by atoms with Crippen LogP contribution < -0.4 is 5.32 Å². The van der Waals surface area contributed by atoms with Crippen LogP contribution in [0.3, 0.4) is 0 Å². The van der Waals surface area contributed by atoms with Crippen LogP contribution in [0.25, 0.3) is 0 Å². The molecule has 0 radical (unpaired) electrons. The van der Waals surface area contributed by atoms with Gasteiger partial charge in [0.1, 0.15) is 5.82 Å². The second-order valence-electron chi connectivity index (χ2n) is 4.71. The van der Waals surface area contributed by atoms with E-state index < -0.39 is 5.41 Å². The molecular weight excluding hydrogens is 257 g/mol. The van der Waals surface area contributed by atoms with Crippen LogP contribution in [0.5, 0.6) is 0 Å². The van der Waals surface area contributed by atoms with Crippen LogP contribution in [-0.4, -0.2) is 19.6 Å². The molecule has 0 fully saturated rings. The molecule has 100 valence electrons. The summed E-state index contributed by atoms with van der Waals surface area (Å²) in [6, 6.07) is 4.24. The third kappa shape index (κ3) is 3.96. The zero-order valence-corrected chi connectivity index (χ0v) is 11.5. The molecule has 0 aliphatic heterocycles. The van der Waals surface area contributed by atoms with Crippen LogP contribution in [0.1, 0.15) is 19.4 Å². The number of benzene rings is 1. The minimum Gasteiger partial charge on any atom is -0.469 e. The van der Waals surface area contributed by atoms with Crippen molar-refractivity contribution in [2.45, 2.75) is 20.4 Å². The van der Waals surface area contributed by atoms with Gasteiger partial charge in [-0.2, -0.15) is 0 Å². The zero-order valence-electron chi connectivity index (χ0n) is 10.7. The summed E-state index contributed by atoms with van der Waals surface area (Å²) in [5.74, 6) is -0.640. The molecule has 1 rings (SSSR count). The van der Waals surface area contributed by atoms with Gasteiger partial charge in [0.05, 0.1) is 12.5 Å². The van der Waals surface area contributed by atoms with Gasteiger partial charge in [0.25, 0.3) is 0 Å². The molecule has 3 nitrogen and oxygen atoms in total. The van der Waals surface area contributed by atoms with Crippen molar-refractivity contribution in [1.82, 2.24) is 5.32 Å². The Bertz CT molecular complexity index is 435. The van der Waals surface area contributed by atoms with Gasteiger partial charge < -0.3 is 10.1 Å². The number of ether oxygens (including phenoxy) is 1. The molecule has 18 heavy (non-hydrogen) atoms. The number of halogens is 2. The second kappa shape index (κ2) is 6.16. The van der Waals surface area contributed by atoms with E-state index in [1.54, 1.807) is 19.9 Å². The lowest BCUT2D eigenvalue weighted by molar-refractivity contribution is -0.150. The number of nitrogens with one attached hydrogen (secondary N) is 1. The van der Waals surface area contributed by atoms with Gasteiger partial charge in [-0.1, -0.05) is 17.7 Å². The Balaban J connectivity index is 2.54. The molecule has 5 heteroatoms. The molecule has 0 unspecified atom stereocenters. The fourth-order valence-electron chi connectivity index (χ4n) is 1.52. The normalized spacial score (nSPS) is 11.4. The SMILES string of the molecule is COC(=O)C(C)(C)CNCc1ccc(F)cc1Cl. The molecule has 1 N–H and O–H groups in total. The molecule has 1 aromatic carbocycles. The Morgan fingerprint density at radius 2 is 2.17 bits per heavy atom. The van der Waals surface area contributed by atoms with Crippen molar-refractivity contribution in [1.29, 1.82) is 0 Å². The van der Waals surface area contributed by atoms with Crippen LogP contribution >= 0.6 is 11.6 Å². The van der Waals surface area contributed by atoms with E-state index in [2.05, 4.69) is 5.32 Å². The predicted octanol–water partition coefficient (Wildman–Crippen LogP) is 2.77. The van der Waals surface area contributed by atoms with E-state index in [4.69, 9.17) is 16.3 Å². The fraction of sp³-hybridized carbons (Fsp3) is 0.462. The highest BCUT2D eigenvalue weighted by Crippen LogP contribution is 2.19. The molecule has 0 saturated heterocycles. The smallest absolute Gasteiger partial charge is 0.312 e. The molecule has 0 aliphatic rings. The van der Waals surface area contributed by atoms with Crippen molar-refractivity contribution >= 4 is 17.6 Å². The zero-order chi connectivity index (χ0) is 13.8. The summed E-state index contributed by atoms with van der Waals surface area (Å²) >= 11 is 5.90. The molecule has 0 bridgehead atoms. The number of esters is 1. The molecule has 0 spiro atoms. The first-order valence-corrected chi connectivity index (χ1v) is 5.97. The topological polar surface area (TPSA) is 38.3 Å². The first-order valence-electron chi connectivity index (χ1n) is 5.60. The third-order valence-electron chi connectivity index (χ3n) is 2.64. The molecule has 0 heterocycles. The highest BCUT2D eigenvalue weighted by molar-refractivity contribution is 6.31. The van der Waals surface area contributed by atoms with Gasteiger partial charge in [-0.3, -0.25) is 4.79 Å². The molecule has 0 aliphatic carbocycles. The largest absolute Gasteiger partial charge is 0.469 e. The van der Waals surface area contributed by atoms with Crippen molar-refractivity contribution in [2.24, 2.45) is 5.41 Å². The van der Waals surface area contributed by atoms with Crippen LogP contribution in [0.15, 0.2) is 18.2 Å². The van der Waals surface area contributed by atoms with Gasteiger partial charge in [0.15, 0.2) is 0 Å². The van der Waals surface area contributed by atoms with Crippen LogP contribution in [0, 0.1) is 11.2 Å². The van der Waals surface area contributed by atoms with Gasteiger partial charge >= 0.3 is 5.97 Å². The van der Waals surface area contributed by atoms with Crippen molar-refractivity contribution in [3.05, 3.63) is 34.6 Å². The minimum absolute atomic E-state index is 0.278. The number of rotatable bonds is 5. The number of carbonyl (C=O) groups is 1. The fourth-order valence-corrected chi connectivity index (χ4v) is 1.76. The first-order chi connectivity index (χ1) is 8.36. The predicted molar refractivity (Wildman–Crippen MR) is 68.9 cm³/mol. The maximum Gasteiger partial charge on any atom is 0.312 e. The van der Waals surface area contributed by atoms with Gasteiger partial charge in [0.2, 0.25) is 0 Å². The van der Waals surface area contributed by atoms with E-state index in [-0.39, 0.29) is 11.8 Å². The van der Waals surface area contributed by atoms with E-state index in [0.717, 1.165) is 5.56 Å². The maximum absolute atomic E-state index is 12.8. The van der Waals surface area contributed by atoms with Crippen LogP contribution in [-0.2, 0) is 16.1 Å². The Morgan fingerprint density at radius 1 is 1.50 bits per heavy atom. The molecule has 0 saturated carbocycles. The highest BCUT2D eigenvalue weighted by Gasteiger charge is 2.28. The summed E-state index contributed by atoms with van der Waals surface area (Å²) in [7, 11) is 1.36. The summed E-state index contributed by atoms with van der Waals surface area (Å²) in [5.41, 5.74) is 0.181. The third-order valence-corrected chi connectivity index (χ3v) is 2.99. The summed E-state index contributed by atoms with van der Waals surface area (Å²) in [5, 5.41) is 3.48. The Labute approximate surface area is 111 Å². The van der Waals surface area contributed by atoms with Gasteiger partial charge in [0, 0.05) is 18.1 Å². The van der Waals surface area contributed by atoms with Gasteiger partial charge in [-0.25, -0.2) is 4.39 Å². The minimum atomic E-state index is -0.610. The Morgan fingerprint density at radius 3 is 2.72 bits per heavy atom.